The van der Waals surface area contributed by atoms with Crippen molar-refractivity contribution < 1.29 is 18.3 Å². The third kappa shape index (κ3) is 4.43. The zero-order valence-corrected chi connectivity index (χ0v) is 21.0. The van der Waals surface area contributed by atoms with E-state index in [0.29, 0.717) is 52.5 Å². The van der Waals surface area contributed by atoms with E-state index in [4.69, 9.17) is 4.98 Å². The lowest BCUT2D eigenvalue weighted by Crippen LogP contribution is -2.24. The molecule has 40 heavy (non-hydrogen) atoms. The van der Waals surface area contributed by atoms with Crippen molar-refractivity contribution in [3.8, 4) is 39.7 Å². The third-order valence-electron chi connectivity index (χ3n) is 7.12. The maximum atomic E-state index is 14.0. The Morgan fingerprint density at radius 1 is 1.00 bits per heavy atom. The smallest absolute Gasteiger partial charge is 0.261 e. The maximum absolute atomic E-state index is 14.0. The zero-order valence-electron chi connectivity index (χ0n) is 21.0. The van der Waals surface area contributed by atoms with E-state index in [-0.39, 0.29) is 18.7 Å². The second kappa shape index (κ2) is 9.16. The summed E-state index contributed by atoms with van der Waals surface area (Å²) < 4.78 is 41.3. The minimum absolute atomic E-state index is 0.129. The van der Waals surface area contributed by atoms with Gasteiger partial charge in [0.25, 0.3) is 5.92 Å². The van der Waals surface area contributed by atoms with Crippen LogP contribution in [0.25, 0.3) is 55.8 Å². The molecule has 1 aliphatic heterocycles. The molecule has 1 saturated heterocycles. The number of fused-ring (bicyclic) bond motifs is 2. The summed E-state index contributed by atoms with van der Waals surface area (Å²) in [6.07, 6.45) is 4.93. The summed E-state index contributed by atoms with van der Waals surface area (Å²) in [5.41, 5.74) is 6.03. The fourth-order valence-corrected chi connectivity index (χ4v) is 5.28. The second-order valence-corrected chi connectivity index (χ2v) is 10.1. The fraction of sp³-hybridized carbons (Fsp3) is 0.172. The van der Waals surface area contributed by atoms with Crippen molar-refractivity contribution >= 4 is 21.9 Å². The number of para-hydroxylation sites is 1. The van der Waals surface area contributed by atoms with E-state index >= 15 is 0 Å². The molecule has 7 rings (SSSR count). The molecule has 0 radical (unpaired) electrons. The SMILES string of the molecule is Oc1cc(F)cc(-c2cccc3[nH]c(-c4n[nH]c5cnc(-c6cncc(CN7CCC(F)(F)C7)c6)cc45)nc23)c1. The summed E-state index contributed by atoms with van der Waals surface area (Å²) in [6, 6.07) is 13.2. The van der Waals surface area contributed by atoms with Crippen molar-refractivity contribution in [3.63, 3.8) is 0 Å². The molecule has 8 nitrogen and oxygen atoms in total. The van der Waals surface area contributed by atoms with Crippen LogP contribution in [0, 0.1) is 5.82 Å². The molecule has 11 heteroatoms. The largest absolute Gasteiger partial charge is 0.508 e. The van der Waals surface area contributed by atoms with Crippen molar-refractivity contribution in [1.82, 2.24) is 35.0 Å². The summed E-state index contributed by atoms with van der Waals surface area (Å²) in [5.74, 6) is -2.85. The molecule has 2 aromatic carbocycles. The molecule has 1 fully saturated rings. The first-order chi connectivity index (χ1) is 19.3. The Balaban J connectivity index is 1.25. The number of halogens is 3. The topological polar surface area (TPSA) is 107 Å². The number of nitrogens with one attached hydrogen (secondary N) is 2. The predicted octanol–water partition coefficient (Wildman–Crippen LogP) is 5.92. The Hall–Kier alpha value is -4.77. The molecule has 5 heterocycles. The monoisotopic (exact) mass is 541 g/mol. The van der Waals surface area contributed by atoms with Gasteiger partial charge in [0.2, 0.25) is 0 Å². The van der Waals surface area contributed by atoms with E-state index in [0.717, 1.165) is 28.1 Å². The first kappa shape index (κ1) is 24.3. The summed E-state index contributed by atoms with van der Waals surface area (Å²) >= 11 is 0. The van der Waals surface area contributed by atoms with Crippen LogP contribution < -0.4 is 0 Å². The Kier molecular flexibility index (Phi) is 5.56. The molecule has 0 aliphatic carbocycles. The van der Waals surface area contributed by atoms with E-state index < -0.39 is 11.7 Å². The number of nitrogens with zero attached hydrogens (tertiary/aromatic N) is 5. The van der Waals surface area contributed by atoms with Gasteiger partial charge in [-0.1, -0.05) is 12.1 Å². The van der Waals surface area contributed by atoms with E-state index in [2.05, 4.69) is 25.1 Å². The number of hydrogen-bond acceptors (Lipinski definition) is 6. The highest BCUT2D eigenvalue weighted by Gasteiger charge is 2.37. The first-order valence-corrected chi connectivity index (χ1v) is 12.7. The van der Waals surface area contributed by atoms with Gasteiger partial charge in [-0.2, -0.15) is 5.10 Å². The van der Waals surface area contributed by atoms with Gasteiger partial charge in [0.15, 0.2) is 5.82 Å². The Morgan fingerprint density at radius 2 is 1.90 bits per heavy atom. The minimum Gasteiger partial charge on any atom is -0.508 e. The third-order valence-corrected chi connectivity index (χ3v) is 7.12. The number of alkyl halides is 2. The van der Waals surface area contributed by atoms with E-state index in [1.54, 1.807) is 23.5 Å². The number of aromatic hydroxyl groups is 1. The number of phenolic OH excluding ortho intramolecular Hbond substituents is 1. The number of H-pyrrole nitrogens is 2. The van der Waals surface area contributed by atoms with Gasteiger partial charge < -0.3 is 10.1 Å². The van der Waals surface area contributed by atoms with Crippen LogP contribution in [-0.2, 0) is 6.54 Å². The summed E-state index contributed by atoms with van der Waals surface area (Å²) in [4.78, 5) is 18.7. The van der Waals surface area contributed by atoms with Gasteiger partial charge in [0.05, 0.1) is 35.0 Å². The van der Waals surface area contributed by atoms with E-state index in [1.807, 2.05) is 30.3 Å². The van der Waals surface area contributed by atoms with Crippen LogP contribution in [0.3, 0.4) is 0 Å². The molecule has 4 aromatic heterocycles. The van der Waals surface area contributed by atoms with Crippen LogP contribution in [0.5, 0.6) is 5.75 Å². The highest BCUT2D eigenvalue weighted by molar-refractivity contribution is 5.97. The lowest BCUT2D eigenvalue weighted by Gasteiger charge is -2.15. The van der Waals surface area contributed by atoms with Crippen LogP contribution in [0.4, 0.5) is 13.2 Å². The molecule has 0 spiro atoms. The van der Waals surface area contributed by atoms with Crippen LogP contribution in [0.1, 0.15) is 12.0 Å². The number of rotatable bonds is 5. The average molecular weight is 542 g/mol. The molecule has 200 valence electrons. The molecule has 0 bridgehead atoms. The quantitative estimate of drug-likeness (QED) is 0.250. The minimum atomic E-state index is -2.65. The number of pyridine rings is 2. The molecule has 6 aromatic rings. The number of aromatic nitrogens is 6. The van der Waals surface area contributed by atoms with Crippen molar-refractivity contribution in [2.45, 2.75) is 18.9 Å². The summed E-state index contributed by atoms with van der Waals surface area (Å²) in [5, 5.41) is 18.1. The Morgan fingerprint density at radius 3 is 2.73 bits per heavy atom. The van der Waals surface area contributed by atoms with Crippen molar-refractivity contribution in [3.05, 3.63) is 78.5 Å². The molecule has 0 saturated carbocycles. The summed E-state index contributed by atoms with van der Waals surface area (Å²) in [6.45, 7) is 0.485. The lowest BCUT2D eigenvalue weighted by atomic mass is 10.0. The number of hydrogen-bond donors (Lipinski definition) is 3. The second-order valence-electron chi connectivity index (χ2n) is 10.1. The molecule has 1 aliphatic rings. The van der Waals surface area contributed by atoms with Crippen LogP contribution in [0.2, 0.25) is 0 Å². The van der Waals surface area contributed by atoms with Crippen LogP contribution in [-0.4, -0.2) is 59.2 Å². The van der Waals surface area contributed by atoms with Crippen molar-refractivity contribution in [2.75, 3.05) is 13.1 Å². The zero-order chi connectivity index (χ0) is 27.4. The Bertz CT molecular complexity index is 1880. The molecule has 0 atom stereocenters. The number of benzene rings is 2. The fourth-order valence-electron chi connectivity index (χ4n) is 5.28. The van der Waals surface area contributed by atoms with E-state index in [9.17, 15) is 18.3 Å². The summed E-state index contributed by atoms with van der Waals surface area (Å²) in [7, 11) is 0. The standard InChI is InChI=1S/C29H22F3N7O/c30-19-7-17(8-20(40)9-19)21-2-1-3-23-26(21)36-28(35-23)27-22-10-24(34-13-25(22)37-38-27)18-6-16(11-33-12-18)14-39-5-4-29(31,32)15-39/h1-3,6-13,40H,4-5,14-15H2,(H,35,36)(H,37,38). The highest BCUT2D eigenvalue weighted by Crippen LogP contribution is 2.34. The molecular weight excluding hydrogens is 519 g/mol. The van der Waals surface area contributed by atoms with Gasteiger partial charge in [-0.15, -0.1) is 0 Å². The van der Waals surface area contributed by atoms with Gasteiger partial charge in [0, 0.05) is 54.5 Å². The predicted molar refractivity (Wildman–Crippen MR) is 144 cm³/mol. The van der Waals surface area contributed by atoms with Gasteiger partial charge in [0.1, 0.15) is 17.3 Å². The van der Waals surface area contributed by atoms with Crippen molar-refractivity contribution in [1.29, 1.82) is 0 Å². The molecular formula is C29H22F3N7O. The van der Waals surface area contributed by atoms with Gasteiger partial charge >= 0.3 is 0 Å². The number of phenols is 1. The normalized spacial score (nSPS) is 15.4. The maximum Gasteiger partial charge on any atom is 0.261 e. The number of likely N-dealkylation sites (tertiary alicyclic amines) is 1. The average Bonchev–Trinajstić information content (AvgIpc) is 3.63. The number of aromatic amines is 2. The Labute approximate surface area is 225 Å². The van der Waals surface area contributed by atoms with Crippen LogP contribution >= 0.6 is 0 Å². The molecule has 3 N–H and O–H groups in total. The lowest BCUT2D eigenvalue weighted by molar-refractivity contribution is 0.0115. The highest BCUT2D eigenvalue weighted by atomic mass is 19.3. The molecule has 0 unspecified atom stereocenters. The number of imidazole rings is 1. The van der Waals surface area contributed by atoms with Gasteiger partial charge in [-0.25, -0.2) is 18.2 Å². The van der Waals surface area contributed by atoms with E-state index in [1.165, 1.54) is 12.1 Å². The van der Waals surface area contributed by atoms with Gasteiger partial charge in [-0.3, -0.25) is 20.0 Å². The van der Waals surface area contributed by atoms with Gasteiger partial charge in [-0.05, 0) is 41.5 Å². The molecule has 0 amide bonds. The first-order valence-electron chi connectivity index (χ1n) is 12.7. The van der Waals surface area contributed by atoms with Crippen molar-refractivity contribution in [2.24, 2.45) is 0 Å². The van der Waals surface area contributed by atoms with Crippen LogP contribution in [0.15, 0.2) is 67.1 Å².